The molecule has 2 rings (SSSR count). The highest BCUT2D eigenvalue weighted by atomic mass is 19.4. The Bertz CT molecular complexity index is 528. The largest absolute Gasteiger partial charge is 0.419 e. The van der Waals surface area contributed by atoms with E-state index < -0.39 is 30.7 Å². The molecule has 4 nitrogen and oxygen atoms in total. The zero-order valence-electron chi connectivity index (χ0n) is 11.8. The number of halogens is 3. The number of hydrogen-bond acceptors (Lipinski definition) is 3. The number of nitrogens with zero attached hydrogens (tertiary/aromatic N) is 2. The molecule has 0 unspecified atom stereocenters. The van der Waals surface area contributed by atoms with E-state index in [0.717, 1.165) is 10.6 Å². The normalized spacial score (nSPS) is 22.5. The molecule has 21 heavy (non-hydrogen) atoms. The van der Waals surface area contributed by atoms with Crippen LogP contribution < -0.4 is 4.90 Å². The van der Waals surface area contributed by atoms with E-state index in [2.05, 4.69) is 0 Å². The maximum Gasteiger partial charge on any atom is 0.419 e. The number of anilines is 1. The Kier molecular flexibility index (Phi) is 3.88. The van der Waals surface area contributed by atoms with Gasteiger partial charge in [-0.15, -0.1) is 0 Å². The summed E-state index contributed by atoms with van der Waals surface area (Å²) >= 11 is 0. The molecular formula is C14H17F3N2O2. The lowest BCUT2D eigenvalue weighted by atomic mass is 10.0. The van der Waals surface area contributed by atoms with Gasteiger partial charge in [0.05, 0.1) is 6.54 Å². The van der Waals surface area contributed by atoms with Gasteiger partial charge in [-0.25, -0.2) is 0 Å². The van der Waals surface area contributed by atoms with E-state index in [1.807, 2.05) is 19.0 Å². The summed E-state index contributed by atoms with van der Waals surface area (Å²) in [4.78, 5) is 15.1. The predicted octanol–water partition coefficient (Wildman–Crippen LogP) is 1.89. The van der Waals surface area contributed by atoms with Gasteiger partial charge in [-0.05, 0) is 24.3 Å². The zero-order chi connectivity index (χ0) is 15.8. The molecule has 0 aromatic heterocycles. The Morgan fingerprint density at radius 3 is 2.29 bits per heavy atom. The fourth-order valence-corrected chi connectivity index (χ4v) is 2.28. The second-order valence-electron chi connectivity index (χ2n) is 5.45. The molecule has 1 fully saturated rings. The molecule has 1 aliphatic rings. The Labute approximate surface area is 120 Å². The van der Waals surface area contributed by atoms with Crippen molar-refractivity contribution in [3.05, 3.63) is 29.8 Å². The molecule has 0 spiro atoms. The summed E-state index contributed by atoms with van der Waals surface area (Å²) in [6.07, 6.45) is -5.21. The van der Waals surface area contributed by atoms with Gasteiger partial charge in [0.15, 0.2) is 5.60 Å². The van der Waals surface area contributed by atoms with Gasteiger partial charge < -0.3 is 14.9 Å². The van der Waals surface area contributed by atoms with Crippen LogP contribution in [0.2, 0.25) is 0 Å². The number of β-amino-alcohol motifs (C(OH)–C–C–N with tert-alkyl or cyclic N) is 1. The van der Waals surface area contributed by atoms with Gasteiger partial charge >= 0.3 is 6.18 Å². The maximum absolute atomic E-state index is 12.7. The first-order valence-corrected chi connectivity index (χ1v) is 6.50. The van der Waals surface area contributed by atoms with Crippen LogP contribution in [0.15, 0.2) is 24.3 Å². The lowest BCUT2D eigenvalue weighted by molar-refractivity contribution is -0.253. The van der Waals surface area contributed by atoms with Gasteiger partial charge in [0, 0.05) is 38.3 Å². The van der Waals surface area contributed by atoms with E-state index in [1.165, 1.54) is 0 Å². The van der Waals surface area contributed by atoms with Gasteiger partial charge in [-0.3, -0.25) is 4.79 Å². The SMILES string of the molecule is CN(C)c1ccc(C(=O)N2CC[C@@](O)(C(F)(F)F)C2)cc1. The van der Waals surface area contributed by atoms with Crippen molar-refractivity contribution in [2.45, 2.75) is 18.2 Å². The van der Waals surface area contributed by atoms with E-state index in [4.69, 9.17) is 0 Å². The van der Waals surface area contributed by atoms with E-state index >= 15 is 0 Å². The zero-order valence-corrected chi connectivity index (χ0v) is 11.8. The number of rotatable bonds is 2. The number of amides is 1. The van der Waals surface area contributed by atoms with E-state index in [1.54, 1.807) is 24.3 Å². The second kappa shape index (κ2) is 5.22. The first-order chi connectivity index (χ1) is 9.64. The molecular weight excluding hydrogens is 285 g/mol. The van der Waals surface area contributed by atoms with Crippen molar-refractivity contribution in [2.75, 3.05) is 32.1 Å². The van der Waals surface area contributed by atoms with Crippen molar-refractivity contribution in [1.82, 2.24) is 4.90 Å². The summed E-state index contributed by atoms with van der Waals surface area (Å²) in [6, 6.07) is 6.59. The molecule has 1 aliphatic heterocycles. The molecule has 1 atom stereocenters. The van der Waals surface area contributed by atoms with Gasteiger partial charge in [0.1, 0.15) is 0 Å². The third-order valence-corrected chi connectivity index (χ3v) is 3.69. The number of carbonyl (C=O) groups excluding carboxylic acids is 1. The van der Waals surface area contributed by atoms with Crippen LogP contribution >= 0.6 is 0 Å². The lowest BCUT2D eigenvalue weighted by Gasteiger charge is -2.26. The van der Waals surface area contributed by atoms with E-state index in [-0.39, 0.29) is 6.54 Å². The van der Waals surface area contributed by atoms with Crippen LogP contribution in [-0.4, -0.2) is 54.9 Å². The molecule has 1 aromatic carbocycles. The quantitative estimate of drug-likeness (QED) is 0.907. The van der Waals surface area contributed by atoms with Gasteiger partial charge in [-0.2, -0.15) is 13.2 Å². The minimum absolute atomic E-state index is 0.107. The number of carbonyl (C=O) groups is 1. The molecule has 1 N–H and O–H groups in total. The van der Waals surface area contributed by atoms with Gasteiger partial charge in [-0.1, -0.05) is 0 Å². The summed E-state index contributed by atoms with van der Waals surface area (Å²) < 4.78 is 38.2. The molecule has 7 heteroatoms. The van der Waals surface area contributed by atoms with Crippen molar-refractivity contribution >= 4 is 11.6 Å². The Hall–Kier alpha value is -1.76. The molecule has 1 aromatic rings. The van der Waals surface area contributed by atoms with Crippen LogP contribution in [0.5, 0.6) is 0 Å². The Balaban J connectivity index is 2.12. The number of likely N-dealkylation sites (tertiary alicyclic amines) is 1. The van der Waals surface area contributed by atoms with Crippen LogP contribution in [-0.2, 0) is 0 Å². The summed E-state index contributed by atoms with van der Waals surface area (Å²) in [5.41, 5.74) is -1.60. The van der Waals surface area contributed by atoms with Crippen molar-refractivity contribution in [1.29, 1.82) is 0 Å². The van der Waals surface area contributed by atoms with Gasteiger partial charge in [0.25, 0.3) is 5.91 Å². The second-order valence-corrected chi connectivity index (χ2v) is 5.45. The highest BCUT2D eigenvalue weighted by Crippen LogP contribution is 2.38. The standard InChI is InChI=1S/C14H17F3N2O2/c1-18(2)11-5-3-10(4-6-11)12(20)19-8-7-13(21,9-19)14(15,16)17/h3-6,21H,7-9H2,1-2H3/t13-/m0/s1. The molecule has 1 heterocycles. The van der Waals surface area contributed by atoms with Gasteiger partial charge in [0.2, 0.25) is 0 Å². The van der Waals surface area contributed by atoms with E-state index in [0.29, 0.717) is 5.56 Å². The fourth-order valence-electron chi connectivity index (χ4n) is 2.28. The minimum Gasteiger partial charge on any atom is -0.379 e. The predicted molar refractivity (Wildman–Crippen MR) is 72.3 cm³/mol. The number of alkyl halides is 3. The van der Waals surface area contributed by atoms with Crippen molar-refractivity contribution < 1.29 is 23.1 Å². The summed E-state index contributed by atoms with van der Waals surface area (Å²) in [6.45, 7) is -0.824. The molecule has 116 valence electrons. The van der Waals surface area contributed by atoms with Crippen molar-refractivity contribution in [3.63, 3.8) is 0 Å². The average molecular weight is 302 g/mol. The highest BCUT2D eigenvalue weighted by Gasteiger charge is 2.57. The first kappa shape index (κ1) is 15.6. The monoisotopic (exact) mass is 302 g/mol. The summed E-state index contributed by atoms with van der Waals surface area (Å²) in [5, 5.41) is 9.59. The van der Waals surface area contributed by atoms with Crippen LogP contribution in [0, 0.1) is 0 Å². The number of aliphatic hydroxyl groups is 1. The Morgan fingerprint density at radius 1 is 1.29 bits per heavy atom. The number of hydrogen-bond donors (Lipinski definition) is 1. The smallest absolute Gasteiger partial charge is 0.379 e. The summed E-state index contributed by atoms with van der Waals surface area (Å²) in [7, 11) is 3.70. The lowest BCUT2D eigenvalue weighted by Crippen LogP contribution is -2.48. The Morgan fingerprint density at radius 2 is 1.86 bits per heavy atom. The third kappa shape index (κ3) is 2.97. The topological polar surface area (TPSA) is 43.8 Å². The van der Waals surface area contributed by atoms with Crippen LogP contribution in [0.1, 0.15) is 16.8 Å². The molecule has 0 bridgehead atoms. The van der Waals surface area contributed by atoms with Crippen molar-refractivity contribution in [3.8, 4) is 0 Å². The average Bonchev–Trinajstić information content (AvgIpc) is 2.81. The molecule has 1 saturated heterocycles. The molecule has 0 aliphatic carbocycles. The summed E-state index contributed by atoms with van der Waals surface area (Å²) in [5.74, 6) is -0.500. The molecule has 1 amide bonds. The van der Waals surface area contributed by atoms with Crippen LogP contribution in [0.4, 0.5) is 18.9 Å². The molecule has 0 saturated carbocycles. The molecule has 0 radical (unpaired) electrons. The first-order valence-electron chi connectivity index (χ1n) is 6.50. The van der Waals surface area contributed by atoms with E-state index in [9.17, 15) is 23.1 Å². The van der Waals surface area contributed by atoms with Crippen LogP contribution in [0.3, 0.4) is 0 Å². The fraction of sp³-hybridized carbons (Fsp3) is 0.500. The highest BCUT2D eigenvalue weighted by molar-refractivity contribution is 5.94. The van der Waals surface area contributed by atoms with Crippen molar-refractivity contribution in [2.24, 2.45) is 0 Å². The minimum atomic E-state index is -4.73. The number of benzene rings is 1. The van der Waals surface area contributed by atoms with Crippen LogP contribution in [0.25, 0.3) is 0 Å². The maximum atomic E-state index is 12.7. The third-order valence-electron chi connectivity index (χ3n) is 3.69.